The Balaban J connectivity index is 3.20. The molecule has 0 spiro atoms. The highest BCUT2D eigenvalue weighted by Crippen LogP contribution is 2.31. The summed E-state index contributed by atoms with van der Waals surface area (Å²) in [5.41, 5.74) is 6.88. The average Bonchev–Trinajstić information content (AvgIpc) is 2.55. The van der Waals surface area contributed by atoms with E-state index in [0.29, 0.717) is 24.2 Å². The van der Waals surface area contributed by atoms with E-state index in [1.54, 1.807) is 0 Å². The van der Waals surface area contributed by atoms with E-state index in [4.69, 9.17) is 17.3 Å². The molecule has 1 aromatic carbocycles. The normalized spacial score (nSPS) is 13.4. The van der Waals surface area contributed by atoms with Crippen LogP contribution in [0.5, 0.6) is 0 Å². The van der Waals surface area contributed by atoms with Gasteiger partial charge in [0.15, 0.2) is 5.84 Å². The fourth-order valence-electron chi connectivity index (χ4n) is 2.41. The van der Waals surface area contributed by atoms with Crippen LogP contribution in [-0.2, 0) is 12.7 Å². The fourth-order valence-corrected chi connectivity index (χ4v) is 2.57. The summed E-state index contributed by atoms with van der Waals surface area (Å²) in [6.07, 6.45) is -3.13. The number of hydrogen-bond acceptors (Lipinski definition) is 3. The summed E-state index contributed by atoms with van der Waals surface area (Å²) < 4.78 is 38.7. The molecular weight excluding hydrogens is 353 g/mol. The first-order valence-corrected chi connectivity index (χ1v) is 8.30. The molecular formula is C17H22ClF3N4. The maximum absolute atomic E-state index is 12.9. The van der Waals surface area contributed by atoms with Crippen molar-refractivity contribution in [2.75, 3.05) is 11.7 Å². The Morgan fingerprint density at radius 1 is 1.24 bits per heavy atom. The van der Waals surface area contributed by atoms with Gasteiger partial charge in [0.2, 0.25) is 0 Å². The molecule has 0 atom stereocenters. The van der Waals surface area contributed by atoms with Crippen molar-refractivity contribution < 1.29 is 13.2 Å². The van der Waals surface area contributed by atoms with E-state index in [-0.39, 0.29) is 18.2 Å². The number of hydrogen-bond donors (Lipinski definition) is 2. The number of nitrogens with one attached hydrogen (secondary N) is 1. The quantitative estimate of drug-likeness (QED) is 0.238. The van der Waals surface area contributed by atoms with Crippen LogP contribution in [0.15, 0.2) is 39.5 Å². The molecule has 3 N–H and O–H groups in total. The third-order valence-electron chi connectivity index (χ3n) is 3.53. The van der Waals surface area contributed by atoms with Gasteiger partial charge >= 0.3 is 6.18 Å². The molecule has 0 aliphatic carbocycles. The molecule has 138 valence electrons. The third-order valence-corrected chi connectivity index (χ3v) is 3.66. The summed E-state index contributed by atoms with van der Waals surface area (Å²) >= 11 is 5.72. The molecule has 0 aliphatic heterocycles. The number of anilines is 1. The van der Waals surface area contributed by atoms with E-state index in [0.717, 1.165) is 23.4 Å². The van der Waals surface area contributed by atoms with Gasteiger partial charge in [-0.1, -0.05) is 13.8 Å². The number of nitrogens with two attached hydrogens (primary N) is 1. The van der Waals surface area contributed by atoms with Gasteiger partial charge in [0.05, 0.1) is 18.1 Å². The van der Waals surface area contributed by atoms with E-state index in [9.17, 15) is 13.2 Å². The van der Waals surface area contributed by atoms with Gasteiger partial charge < -0.3 is 11.1 Å². The zero-order valence-electron chi connectivity index (χ0n) is 14.3. The molecule has 0 aromatic heterocycles. The second-order valence-electron chi connectivity index (χ2n) is 5.23. The van der Waals surface area contributed by atoms with Gasteiger partial charge in [-0.05, 0) is 43.3 Å². The highest BCUT2D eigenvalue weighted by Gasteiger charge is 2.31. The molecule has 0 heterocycles. The Hall–Kier alpha value is -2.02. The van der Waals surface area contributed by atoms with Gasteiger partial charge in [0, 0.05) is 17.0 Å². The van der Waals surface area contributed by atoms with Gasteiger partial charge in [0.25, 0.3) is 0 Å². The first kappa shape index (κ1) is 21.0. The standard InChI is InChI=1S/C17H22ClF3N4/c1-4-14(15(5-2)25-10-18)16(23-3)24-9-11-6-12(17(19,20)21)8-13(22)7-11/h6-8,25H,3-5,9-10,22H2,1-2H3/b15-14-,24-16?. The molecule has 25 heavy (non-hydrogen) atoms. The third kappa shape index (κ3) is 6.08. The summed E-state index contributed by atoms with van der Waals surface area (Å²) in [7, 11) is 0. The zero-order chi connectivity index (χ0) is 19.0. The largest absolute Gasteiger partial charge is 0.416 e. The first-order chi connectivity index (χ1) is 11.8. The molecule has 0 saturated carbocycles. The van der Waals surface area contributed by atoms with E-state index in [2.05, 4.69) is 22.0 Å². The van der Waals surface area contributed by atoms with Crippen LogP contribution < -0.4 is 11.1 Å². The molecule has 0 radical (unpaired) electrons. The summed E-state index contributed by atoms with van der Waals surface area (Å²) in [6.45, 7) is 7.42. The van der Waals surface area contributed by atoms with Crippen LogP contribution in [0.3, 0.4) is 0 Å². The van der Waals surface area contributed by atoms with Crippen molar-refractivity contribution in [3.05, 3.63) is 40.6 Å². The summed E-state index contributed by atoms with van der Waals surface area (Å²) in [5, 5.41) is 3.04. The van der Waals surface area contributed by atoms with Crippen molar-refractivity contribution in [2.24, 2.45) is 9.98 Å². The average molecular weight is 375 g/mol. The topological polar surface area (TPSA) is 62.8 Å². The molecule has 1 aromatic rings. The molecule has 0 bridgehead atoms. The Labute approximate surface area is 150 Å². The van der Waals surface area contributed by atoms with Crippen molar-refractivity contribution in [2.45, 2.75) is 39.4 Å². The number of alkyl halides is 4. The Morgan fingerprint density at radius 3 is 2.40 bits per heavy atom. The van der Waals surface area contributed by atoms with E-state index < -0.39 is 11.7 Å². The van der Waals surface area contributed by atoms with Crippen LogP contribution in [-0.4, -0.2) is 18.6 Å². The Morgan fingerprint density at radius 2 is 1.92 bits per heavy atom. The number of allylic oxidation sites excluding steroid dienone is 1. The fraction of sp³-hybridized carbons (Fsp3) is 0.412. The van der Waals surface area contributed by atoms with Crippen molar-refractivity contribution in [1.29, 1.82) is 0 Å². The second kappa shape index (κ2) is 9.46. The van der Waals surface area contributed by atoms with Crippen molar-refractivity contribution >= 4 is 29.8 Å². The SMILES string of the molecule is C=NC(=NCc1cc(N)cc(C(F)(F)F)c1)/C(CC)=C(/CC)NCCl. The smallest absolute Gasteiger partial charge is 0.399 e. The lowest BCUT2D eigenvalue weighted by Crippen LogP contribution is -2.16. The van der Waals surface area contributed by atoms with Crippen molar-refractivity contribution in [3.8, 4) is 0 Å². The lowest BCUT2D eigenvalue weighted by molar-refractivity contribution is -0.137. The van der Waals surface area contributed by atoms with Gasteiger partial charge in [-0.3, -0.25) is 4.99 Å². The predicted octanol–water partition coefficient (Wildman–Crippen LogP) is 4.75. The lowest BCUT2D eigenvalue weighted by atomic mass is 10.1. The number of halogens is 4. The van der Waals surface area contributed by atoms with E-state index in [1.807, 2.05) is 13.8 Å². The minimum absolute atomic E-state index is 0.0177. The van der Waals surface area contributed by atoms with Crippen LogP contribution in [0.4, 0.5) is 18.9 Å². The number of aliphatic imine (C=N–C) groups is 2. The minimum Gasteiger partial charge on any atom is -0.399 e. The maximum Gasteiger partial charge on any atom is 0.416 e. The van der Waals surface area contributed by atoms with Crippen LogP contribution in [0.1, 0.15) is 37.8 Å². The minimum atomic E-state index is -4.46. The first-order valence-electron chi connectivity index (χ1n) is 7.76. The van der Waals surface area contributed by atoms with Crippen LogP contribution >= 0.6 is 11.6 Å². The van der Waals surface area contributed by atoms with Gasteiger partial charge in [-0.2, -0.15) is 13.2 Å². The zero-order valence-corrected chi connectivity index (χ0v) is 15.0. The summed E-state index contributed by atoms with van der Waals surface area (Å²) in [6, 6.07) is 3.64. The van der Waals surface area contributed by atoms with Gasteiger partial charge in [-0.25, -0.2) is 4.99 Å². The predicted molar refractivity (Wildman–Crippen MR) is 98.0 cm³/mol. The molecule has 0 saturated heterocycles. The number of nitrogen functional groups attached to an aromatic ring is 1. The Kier molecular flexibility index (Phi) is 7.96. The highest BCUT2D eigenvalue weighted by molar-refractivity contribution is 6.17. The number of amidine groups is 1. The molecule has 1 rings (SSSR count). The Bertz CT molecular complexity index is 666. The van der Waals surface area contributed by atoms with Crippen LogP contribution in [0.2, 0.25) is 0 Å². The number of rotatable bonds is 7. The molecule has 0 amide bonds. The lowest BCUT2D eigenvalue weighted by Gasteiger charge is -2.14. The number of nitrogens with zero attached hydrogens (tertiary/aromatic N) is 2. The van der Waals surface area contributed by atoms with E-state index in [1.165, 1.54) is 6.07 Å². The second-order valence-corrected chi connectivity index (χ2v) is 5.50. The van der Waals surface area contributed by atoms with E-state index >= 15 is 0 Å². The molecule has 8 heteroatoms. The van der Waals surface area contributed by atoms with Gasteiger partial charge in [0.1, 0.15) is 0 Å². The molecule has 0 aliphatic rings. The highest BCUT2D eigenvalue weighted by atomic mass is 35.5. The number of benzene rings is 1. The van der Waals surface area contributed by atoms with Gasteiger partial charge in [-0.15, -0.1) is 11.6 Å². The molecule has 4 nitrogen and oxygen atoms in total. The summed E-state index contributed by atoms with van der Waals surface area (Å²) in [4.78, 5) is 8.25. The van der Waals surface area contributed by atoms with Crippen LogP contribution in [0, 0.1) is 0 Å². The van der Waals surface area contributed by atoms with Crippen LogP contribution in [0.25, 0.3) is 0 Å². The van der Waals surface area contributed by atoms with Crippen molar-refractivity contribution in [1.82, 2.24) is 5.32 Å². The molecule has 0 fully saturated rings. The summed E-state index contributed by atoms with van der Waals surface area (Å²) in [5.74, 6) is 0.382. The monoisotopic (exact) mass is 374 g/mol. The maximum atomic E-state index is 12.9. The van der Waals surface area contributed by atoms with Crippen molar-refractivity contribution in [3.63, 3.8) is 0 Å². The molecule has 0 unspecified atom stereocenters.